The molecule has 0 spiro atoms. The molecule has 1 aliphatic heterocycles. The SMILES string of the molecule is O=C(Nc1ccc(F)cc1)N1CCC(Oc2nncc3ccccc23)CC1. The van der Waals surface area contributed by atoms with Crippen molar-refractivity contribution in [3.8, 4) is 5.88 Å². The van der Waals surface area contributed by atoms with Gasteiger partial charge in [-0.05, 0) is 30.3 Å². The monoisotopic (exact) mass is 366 g/mol. The lowest BCUT2D eigenvalue weighted by atomic mass is 10.1. The van der Waals surface area contributed by atoms with Gasteiger partial charge in [0.2, 0.25) is 5.88 Å². The fourth-order valence-corrected chi connectivity index (χ4v) is 3.16. The van der Waals surface area contributed by atoms with E-state index in [2.05, 4.69) is 15.5 Å². The number of nitrogens with zero attached hydrogens (tertiary/aromatic N) is 3. The topological polar surface area (TPSA) is 67.4 Å². The Bertz CT molecular complexity index is 935. The second-order valence-electron chi connectivity index (χ2n) is 6.48. The number of aromatic nitrogens is 2. The van der Waals surface area contributed by atoms with Crippen LogP contribution in [0.2, 0.25) is 0 Å². The number of nitrogens with one attached hydrogen (secondary N) is 1. The summed E-state index contributed by atoms with van der Waals surface area (Å²) in [6.07, 6.45) is 3.12. The number of carbonyl (C=O) groups excluding carboxylic acids is 1. The Kier molecular flexibility index (Phi) is 4.82. The second kappa shape index (κ2) is 7.57. The molecule has 138 valence electrons. The normalized spacial score (nSPS) is 14.9. The van der Waals surface area contributed by atoms with E-state index in [1.54, 1.807) is 23.2 Å². The van der Waals surface area contributed by atoms with Crippen molar-refractivity contribution in [2.24, 2.45) is 0 Å². The molecule has 1 saturated heterocycles. The molecule has 0 saturated carbocycles. The van der Waals surface area contributed by atoms with Gasteiger partial charge in [0, 0.05) is 42.4 Å². The first kappa shape index (κ1) is 17.2. The molecule has 0 unspecified atom stereocenters. The third kappa shape index (κ3) is 3.97. The number of amides is 2. The number of fused-ring (bicyclic) bond motifs is 1. The number of urea groups is 1. The number of carbonyl (C=O) groups is 1. The molecule has 1 aromatic heterocycles. The number of benzene rings is 2. The van der Waals surface area contributed by atoms with Gasteiger partial charge in [-0.2, -0.15) is 5.10 Å². The van der Waals surface area contributed by atoms with Crippen molar-refractivity contribution in [1.29, 1.82) is 0 Å². The molecule has 0 radical (unpaired) electrons. The standard InChI is InChI=1S/C20H19FN4O2/c21-15-5-7-16(8-6-15)23-20(26)25-11-9-17(10-12-25)27-19-18-4-2-1-3-14(18)13-22-24-19/h1-8,13,17H,9-12H2,(H,23,26). The molecule has 2 aromatic carbocycles. The van der Waals surface area contributed by atoms with Crippen LogP contribution < -0.4 is 10.1 Å². The summed E-state index contributed by atoms with van der Waals surface area (Å²) < 4.78 is 19.0. The minimum absolute atomic E-state index is 0.0139. The molecular formula is C20H19FN4O2. The van der Waals surface area contributed by atoms with Crippen LogP contribution in [0, 0.1) is 5.82 Å². The fraction of sp³-hybridized carbons (Fsp3) is 0.250. The van der Waals surface area contributed by atoms with Crippen molar-refractivity contribution in [3.05, 3.63) is 60.5 Å². The highest BCUT2D eigenvalue weighted by Gasteiger charge is 2.25. The van der Waals surface area contributed by atoms with E-state index >= 15 is 0 Å². The average molecular weight is 366 g/mol. The van der Waals surface area contributed by atoms with Gasteiger partial charge in [0.15, 0.2) is 0 Å². The number of likely N-dealkylation sites (tertiary alicyclic amines) is 1. The van der Waals surface area contributed by atoms with Gasteiger partial charge in [-0.3, -0.25) is 0 Å². The molecule has 1 fully saturated rings. The van der Waals surface area contributed by atoms with E-state index in [0.717, 1.165) is 10.8 Å². The molecule has 0 bridgehead atoms. The Hall–Kier alpha value is -3.22. The summed E-state index contributed by atoms with van der Waals surface area (Å²) in [5, 5.41) is 12.8. The average Bonchev–Trinajstić information content (AvgIpc) is 2.70. The summed E-state index contributed by atoms with van der Waals surface area (Å²) in [6, 6.07) is 13.4. The molecule has 27 heavy (non-hydrogen) atoms. The molecule has 7 heteroatoms. The number of rotatable bonds is 3. The zero-order valence-corrected chi connectivity index (χ0v) is 14.6. The van der Waals surface area contributed by atoms with Crippen LogP contribution in [0.4, 0.5) is 14.9 Å². The van der Waals surface area contributed by atoms with E-state index in [0.29, 0.717) is 37.5 Å². The van der Waals surface area contributed by atoms with Crippen LogP contribution in [0.3, 0.4) is 0 Å². The minimum atomic E-state index is -0.331. The molecule has 3 aromatic rings. The summed E-state index contributed by atoms with van der Waals surface area (Å²) in [6.45, 7) is 1.16. The summed E-state index contributed by atoms with van der Waals surface area (Å²) in [5.74, 6) is 0.199. The van der Waals surface area contributed by atoms with Crippen LogP contribution in [0.25, 0.3) is 10.8 Å². The Labute approximate surface area is 156 Å². The van der Waals surface area contributed by atoms with Gasteiger partial charge in [-0.1, -0.05) is 18.2 Å². The van der Waals surface area contributed by atoms with Crippen molar-refractivity contribution in [3.63, 3.8) is 0 Å². The van der Waals surface area contributed by atoms with Crippen molar-refractivity contribution in [1.82, 2.24) is 15.1 Å². The first-order valence-electron chi connectivity index (χ1n) is 8.87. The Morgan fingerprint density at radius 3 is 2.63 bits per heavy atom. The first-order chi connectivity index (χ1) is 13.2. The van der Waals surface area contributed by atoms with Gasteiger partial charge in [-0.25, -0.2) is 9.18 Å². The quantitative estimate of drug-likeness (QED) is 0.765. The maximum atomic E-state index is 13.0. The molecule has 1 aliphatic rings. The van der Waals surface area contributed by atoms with Crippen molar-refractivity contribution in [2.75, 3.05) is 18.4 Å². The zero-order chi connectivity index (χ0) is 18.6. The maximum absolute atomic E-state index is 13.0. The van der Waals surface area contributed by atoms with Crippen molar-refractivity contribution < 1.29 is 13.9 Å². The van der Waals surface area contributed by atoms with Gasteiger partial charge in [0.1, 0.15) is 11.9 Å². The molecule has 0 atom stereocenters. The van der Waals surface area contributed by atoms with Gasteiger partial charge in [-0.15, -0.1) is 5.10 Å². The lowest BCUT2D eigenvalue weighted by molar-refractivity contribution is 0.112. The molecule has 2 amide bonds. The fourth-order valence-electron chi connectivity index (χ4n) is 3.16. The van der Waals surface area contributed by atoms with E-state index in [1.165, 1.54) is 12.1 Å². The highest BCUT2D eigenvalue weighted by atomic mass is 19.1. The van der Waals surface area contributed by atoms with E-state index in [1.807, 2.05) is 24.3 Å². The number of ether oxygens (including phenoxy) is 1. The number of hydrogen-bond acceptors (Lipinski definition) is 4. The summed E-state index contributed by atoms with van der Waals surface area (Å²) in [5.41, 5.74) is 0.575. The highest BCUT2D eigenvalue weighted by molar-refractivity contribution is 5.89. The number of hydrogen-bond donors (Lipinski definition) is 1. The van der Waals surface area contributed by atoms with E-state index in [-0.39, 0.29) is 18.0 Å². The molecule has 4 rings (SSSR count). The van der Waals surface area contributed by atoms with Crippen LogP contribution in [0.1, 0.15) is 12.8 Å². The molecular weight excluding hydrogens is 347 g/mol. The Balaban J connectivity index is 1.34. The molecule has 6 nitrogen and oxygen atoms in total. The van der Waals surface area contributed by atoms with Crippen LogP contribution in [-0.2, 0) is 0 Å². The van der Waals surface area contributed by atoms with Crippen molar-refractivity contribution in [2.45, 2.75) is 18.9 Å². The summed E-state index contributed by atoms with van der Waals surface area (Å²) in [7, 11) is 0. The largest absolute Gasteiger partial charge is 0.473 e. The van der Waals surface area contributed by atoms with Crippen LogP contribution in [0.15, 0.2) is 54.7 Å². The zero-order valence-electron chi connectivity index (χ0n) is 14.6. The first-order valence-corrected chi connectivity index (χ1v) is 8.87. The predicted octanol–water partition coefficient (Wildman–Crippen LogP) is 3.84. The van der Waals surface area contributed by atoms with E-state index in [9.17, 15) is 9.18 Å². The molecule has 0 aliphatic carbocycles. The number of halogens is 1. The predicted molar refractivity (Wildman–Crippen MR) is 100 cm³/mol. The van der Waals surface area contributed by atoms with Crippen molar-refractivity contribution >= 4 is 22.5 Å². The number of anilines is 1. The van der Waals surface area contributed by atoms with Crippen LogP contribution in [-0.4, -0.2) is 40.3 Å². The lowest BCUT2D eigenvalue weighted by Gasteiger charge is -2.32. The lowest BCUT2D eigenvalue weighted by Crippen LogP contribution is -2.43. The molecule has 1 N–H and O–H groups in total. The van der Waals surface area contributed by atoms with Gasteiger partial charge in [0.05, 0.1) is 6.20 Å². The summed E-state index contributed by atoms with van der Waals surface area (Å²) in [4.78, 5) is 14.1. The van der Waals surface area contributed by atoms with Crippen LogP contribution in [0.5, 0.6) is 5.88 Å². The van der Waals surface area contributed by atoms with Gasteiger partial charge >= 0.3 is 6.03 Å². The molecule has 2 heterocycles. The summed E-state index contributed by atoms with van der Waals surface area (Å²) >= 11 is 0. The second-order valence-corrected chi connectivity index (χ2v) is 6.48. The third-order valence-electron chi connectivity index (χ3n) is 4.64. The smallest absolute Gasteiger partial charge is 0.321 e. The van der Waals surface area contributed by atoms with Gasteiger partial charge in [0.25, 0.3) is 0 Å². The maximum Gasteiger partial charge on any atom is 0.321 e. The highest BCUT2D eigenvalue weighted by Crippen LogP contribution is 2.25. The number of piperidine rings is 1. The van der Waals surface area contributed by atoms with E-state index < -0.39 is 0 Å². The Morgan fingerprint density at radius 1 is 1.11 bits per heavy atom. The van der Waals surface area contributed by atoms with Crippen LogP contribution >= 0.6 is 0 Å². The minimum Gasteiger partial charge on any atom is -0.473 e. The van der Waals surface area contributed by atoms with Gasteiger partial charge < -0.3 is 15.0 Å². The van der Waals surface area contributed by atoms with E-state index in [4.69, 9.17) is 4.74 Å². The third-order valence-corrected chi connectivity index (χ3v) is 4.64. The Morgan fingerprint density at radius 2 is 1.85 bits per heavy atom.